The van der Waals surface area contributed by atoms with Crippen molar-refractivity contribution in [2.75, 3.05) is 6.54 Å². The molecule has 0 unspecified atom stereocenters. The van der Waals surface area contributed by atoms with Crippen molar-refractivity contribution in [3.05, 3.63) is 18.0 Å². The number of halogens is 2. The second kappa shape index (κ2) is 4.91. The van der Waals surface area contributed by atoms with Crippen molar-refractivity contribution in [3.63, 3.8) is 0 Å². The molecule has 0 aromatic carbocycles. The minimum atomic E-state index is -2.27. The largest absolute Gasteiger partial charge is 0.330 e. The molecular weight excluding hydrogens is 176 g/mol. The molecule has 2 N–H and O–H groups in total. The zero-order chi connectivity index (χ0) is 9.68. The van der Waals surface area contributed by atoms with Crippen molar-refractivity contribution in [2.45, 2.75) is 25.8 Å². The number of alkyl halides is 2. The first-order valence-electron chi connectivity index (χ1n) is 4.23. The van der Waals surface area contributed by atoms with Crippen molar-refractivity contribution in [1.29, 1.82) is 0 Å². The lowest BCUT2D eigenvalue weighted by Crippen LogP contribution is -2.11. The summed E-state index contributed by atoms with van der Waals surface area (Å²) in [6, 6.07) is 1.80. The van der Waals surface area contributed by atoms with Crippen LogP contribution < -0.4 is 5.73 Å². The fourth-order valence-corrected chi connectivity index (χ4v) is 1.14. The predicted molar refractivity (Wildman–Crippen MR) is 45.6 cm³/mol. The molecule has 0 aliphatic carbocycles. The summed E-state index contributed by atoms with van der Waals surface area (Å²) in [5.41, 5.74) is 6.27. The third-order valence-electron chi connectivity index (χ3n) is 1.76. The number of hydrogen-bond donors (Lipinski definition) is 1. The highest BCUT2D eigenvalue weighted by atomic mass is 19.3. The molecule has 5 heteroatoms. The fraction of sp³-hybridized carbons (Fsp3) is 0.625. The van der Waals surface area contributed by atoms with E-state index in [0.717, 1.165) is 5.69 Å². The number of aryl methyl sites for hydroxylation is 1. The lowest BCUT2D eigenvalue weighted by atomic mass is 10.3. The highest BCUT2D eigenvalue weighted by molar-refractivity contribution is 5.00. The molecule has 0 fully saturated rings. The van der Waals surface area contributed by atoms with Crippen LogP contribution in [0.4, 0.5) is 8.78 Å². The SMILES string of the molecule is NCCc1ccnn1CCC(F)F. The van der Waals surface area contributed by atoms with Crippen molar-refractivity contribution in [1.82, 2.24) is 9.78 Å². The Kier molecular flexibility index (Phi) is 3.82. The molecule has 0 aliphatic heterocycles. The second-order valence-electron chi connectivity index (χ2n) is 2.76. The molecule has 1 heterocycles. The average Bonchev–Trinajstić information content (AvgIpc) is 2.49. The van der Waals surface area contributed by atoms with Crippen LogP contribution in [0.2, 0.25) is 0 Å². The van der Waals surface area contributed by atoms with Crippen LogP contribution in [0.5, 0.6) is 0 Å². The zero-order valence-corrected chi connectivity index (χ0v) is 7.29. The number of nitrogens with two attached hydrogens (primary N) is 1. The van der Waals surface area contributed by atoms with Gasteiger partial charge >= 0.3 is 0 Å². The average molecular weight is 189 g/mol. The summed E-state index contributed by atoms with van der Waals surface area (Å²) in [7, 11) is 0. The number of hydrogen-bond acceptors (Lipinski definition) is 2. The van der Waals surface area contributed by atoms with Gasteiger partial charge < -0.3 is 5.73 Å². The van der Waals surface area contributed by atoms with Crippen LogP contribution in [0.25, 0.3) is 0 Å². The molecule has 0 radical (unpaired) electrons. The van der Waals surface area contributed by atoms with E-state index in [0.29, 0.717) is 13.0 Å². The monoisotopic (exact) mass is 189 g/mol. The third kappa shape index (κ3) is 3.10. The van der Waals surface area contributed by atoms with Crippen LogP contribution in [0, 0.1) is 0 Å². The summed E-state index contributed by atoms with van der Waals surface area (Å²) in [6.45, 7) is 0.778. The van der Waals surface area contributed by atoms with Crippen LogP contribution in [-0.2, 0) is 13.0 Å². The maximum atomic E-state index is 11.9. The Labute approximate surface area is 75.5 Å². The molecule has 1 aromatic heterocycles. The third-order valence-corrected chi connectivity index (χ3v) is 1.76. The van der Waals surface area contributed by atoms with E-state index in [9.17, 15) is 8.78 Å². The summed E-state index contributed by atoms with van der Waals surface area (Å²) in [4.78, 5) is 0. The van der Waals surface area contributed by atoms with E-state index in [1.54, 1.807) is 16.9 Å². The molecule has 3 nitrogen and oxygen atoms in total. The molecule has 1 aromatic rings. The fourth-order valence-electron chi connectivity index (χ4n) is 1.14. The summed E-state index contributed by atoms with van der Waals surface area (Å²) < 4.78 is 25.3. The van der Waals surface area contributed by atoms with Gasteiger partial charge in [0.05, 0.1) is 0 Å². The van der Waals surface area contributed by atoms with Crippen molar-refractivity contribution in [3.8, 4) is 0 Å². The molecule has 0 bridgehead atoms. The Morgan fingerprint density at radius 3 is 2.92 bits per heavy atom. The van der Waals surface area contributed by atoms with Crippen LogP contribution in [-0.4, -0.2) is 22.8 Å². The highest BCUT2D eigenvalue weighted by Gasteiger charge is 2.05. The van der Waals surface area contributed by atoms with Gasteiger partial charge in [-0.2, -0.15) is 5.10 Å². The van der Waals surface area contributed by atoms with Crippen LogP contribution in [0.1, 0.15) is 12.1 Å². The molecule has 0 aliphatic rings. The van der Waals surface area contributed by atoms with Crippen molar-refractivity contribution >= 4 is 0 Å². The van der Waals surface area contributed by atoms with Crippen LogP contribution >= 0.6 is 0 Å². The lowest BCUT2D eigenvalue weighted by molar-refractivity contribution is 0.129. The quantitative estimate of drug-likeness (QED) is 0.752. The lowest BCUT2D eigenvalue weighted by Gasteiger charge is -2.05. The summed E-state index contributed by atoms with van der Waals surface area (Å²) in [5.74, 6) is 0. The van der Waals surface area contributed by atoms with Gasteiger partial charge in [-0.1, -0.05) is 0 Å². The predicted octanol–water partition coefficient (Wildman–Crippen LogP) is 1.04. The van der Waals surface area contributed by atoms with Crippen LogP contribution in [0.15, 0.2) is 12.3 Å². The Balaban J connectivity index is 2.49. The molecule has 74 valence electrons. The first-order chi connectivity index (χ1) is 6.24. The van der Waals surface area contributed by atoms with E-state index >= 15 is 0 Å². The molecule has 1 rings (SSSR count). The molecular formula is C8H13F2N3. The second-order valence-corrected chi connectivity index (χ2v) is 2.76. The normalized spacial score (nSPS) is 11.1. The summed E-state index contributed by atoms with van der Waals surface area (Å²) >= 11 is 0. The van der Waals surface area contributed by atoms with Gasteiger partial charge in [0.1, 0.15) is 0 Å². The highest BCUT2D eigenvalue weighted by Crippen LogP contribution is 2.05. The topological polar surface area (TPSA) is 43.8 Å². The van der Waals surface area contributed by atoms with E-state index in [-0.39, 0.29) is 13.0 Å². The van der Waals surface area contributed by atoms with Gasteiger partial charge in [0.2, 0.25) is 6.43 Å². The first-order valence-corrected chi connectivity index (χ1v) is 4.23. The van der Waals surface area contributed by atoms with Gasteiger partial charge in [-0.05, 0) is 12.6 Å². The Morgan fingerprint density at radius 2 is 2.31 bits per heavy atom. The molecule has 0 spiro atoms. The maximum Gasteiger partial charge on any atom is 0.240 e. The number of nitrogens with zero attached hydrogens (tertiary/aromatic N) is 2. The van der Waals surface area contributed by atoms with Crippen molar-refractivity contribution in [2.24, 2.45) is 5.73 Å². The Morgan fingerprint density at radius 1 is 1.54 bits per heavy atom. The van der Waals surface area contributed by atoms with Gasteiger partial charge in [-0.15, -0.1) is 0 Å². The Hall–Kier alpha value is -0.970. The molecule has 0 saturated carbocycles. The van der Waals surface area contributed by atoms with Crippen molar-refractivity contribution < 1.29 is 8.78 Å². The smallest absolute Gasteiger partial charge is 0.240 e. The minimum Gasteiger partial charge on any atom is -0.330 e. The van der Waals surface area contributed by atoms with E-state index < -0.39 is 6.43 Å². The van der Waals surface area contributed by atoms with Gasteiger partial charge in [0.15, 0.2) is 0 Å². The van der Waals surface area contributed by atoms with Crippen LogP contribution in [0.3, 0.4) is 0 Å². The number of aromatic nitrogens is 2. The summed E-state index contributed by atoms with van der Waals surface area (Å²) in [5, 5.41) is 3.93. The van der Waals surface area contributed by atoms with E-state index in [1.807, 2.05) is 0 Å². The minimum absolute atomic E-state index is 0.154. The molecule has 0 atom stereocenters. The van der Waals surface area contributed by atoms with Gasteiger partial charge in [-0.25, -0.2) is 8.78 Å². The van der Waals surface area contributed by atoms with Gasteiger partial charge in [0, 0.05) is 31.3 Å². The Bertz CT molecular complexity index is 247. The van der Waals surface area contributed by atoms with E-state index in [1.165, 1.54) is 0 Å². The van der Waals surface area contributed by atoms with Gasteiger partial charge in [0.25, 0.3) is 0 Å². The maximum absolute atomic E-state index is 11.9. The first kappa shape index (κ1) is 10.1. The summed E-state index contributed by atoms with van der Waals surface area (Å²) in [6.07, 6.45) is -0.131. The number of rotatable bonds is 5. The van der Waals surface area contributed by atoms with E-state index in [4.69, 9.17) is 5.73 Å². The molecule has 13 heavy (non-hydrogen) atoms. The van der Waals surface area contributed by atoms with Gasteiger partial charge in [-0.3, -0.25) is 4.68 Å². The standard InChI is InChI=1S/C8H13F2N3/c9-8(10)3-6-13-7(1-4-11)2-5-12-13/h2,5,8H,1,3-4,6,11H2. The molecule has 0 saturated heterocycles. The van der Waals surface area contributed by atoms with E-state index in [2.05, 4.69) is 5.10 Å². The zero-order valence-electron chi connectivity index (χ0n) is 7.29. The molecule has 0 amide bonds.